The van der Waals surface area contributed by atoms with Gasteiger partial charge in [0.2, 0.25) is 5.69 Å². The second-order valence-electron chi connectivity index (χ2n) is 6.68. The highest BCUT2D eigenvalue weighted by atomic mass is 16.5. The number of methoxy groups -OCH3 is 1. The summed E-state index contributed by atoms with van der Waals surface area (Å²) in [5.74, 6) is -0.578. The van der Waals surface area contributed by atoms with Crippen molar-refractivity contribution in [2.75, 3.05) is 25.2 Å². The lowest BCUT2D eigenvalue weighted by Crippen LogP contribution is -2.38. The van der Waals surface area contributed by atoms with Crippen molar-refractivity contribution in [1.29, 1.82) is 0 Å². The first kappa shape index (κ1) is 18.7. The third-order valence-electron chi connectivity index (χ3n) is 4.84. The van der Waals surface area contributed by atoms with Gasteiger partial charge in [-0.3, -0.25) is 4.79 Å². The normalized spacial score (nSPS) is 12.9. The fourth-order valence-corrected chi connectivity index (χ4v) is 3.42. The van der Waals surface area contributed by atoms with E-state index >= 15 is 0 Å². The molecule has 3 aromatic rings. The first-order valence-electron chi connectivity index (χ1n) is 9.42. The molecule has 0 bridgehead atoms. The second kappa shape index (κ2) is 8.18. The van der Waals surface area contributed by atoms with Crippen LogP contribution in [0.5, 0.6) is 5.75 Å². The lowest BCUT2D eigenvalue weighted by atomic mass is 10.0. The largest absolute Gasteiger partial charge is 0.479 e. The standard InChI is InChI=1S/C22H21N3O4/c1-28-22(27)21-19(14-25(23-21)17-10-3-2-4-11-17)29-15-20(26)24-13-7-9-16-8-5-6-12-18(16)24/h2-6,8,10-12,14H,7,9,13,15H2,1H3. The molecule has 0 saturated carbocycles. The van der Waals surface area contributed by atoms with Crippen LogP contribution in [0.25, 0.3) is 5.69 Å². The third kappa shape index (κ3) is 3.85. The number of benzene rings is 2. The van der Waals surface area contributed by atoms with Gasteiger partial charge < -0.3 is 14.4 Å². The van der Waals surface area contributed by atoms with E-state index in [1.807, 2.05) is 54.6 Å². The molecule has 148 valence electrons. The quantitative estimate of drug-likeness (QED) is 0.625. The smallest absolute Gasteiger partial charge is 0.362 e. The summed E-state index contributed by atoms with van der Waals surface area (Å²) in [6.07, 6.45) is 3.44. The molecule has 0 saturated heterocycles. The summed E-state index contributed by atoms with van der Waals surface area (Å²) in [5, 5.41) is 4.27. The van der Waals surface area contributed by atoms with Crippen molar-refractivity contribution in [1.82, 2.24) is 9.78 Å². The number of ether oxygens (including phenoxy) is 2. The number of anilines is 1. The molecular weight excluding hydrogens is 370 g/mol. The van der Waals surface area contributed by atoms with Crippen molar-refractivity contribution in [3.8, 4) is 11.4 Å². The molecular formula is C22H21N3O4. The zero-order valence-electron chi connectivity index (χ0n) is 16.1. The number of amides is 1. The molecule has 7 nitrogen and oxygen atoms in total. The van der Waals surface area contributed by atoms with E-state index < -0.39 is 5.97 Å². The van der Waals surface area contributed by atoms with Crippen LogP contribution in [0.2, 0.25) is 0 Å². The molecule has 29 heavy (non-hydrogen) atoms. The van der Waals surface area contributed by atoms with Crippen molar-refractivity contribution in [2.45, 2.75) is 12.8 Å². The summed E-state index contributed by atoms with van der Waals surface area (Å²) in [5.41, 5.74) is 2.87. The first-order chi connectivity index (χ1) is 14.2. The van der Waals surface area contributed by atoms with Gasteiger partial charge in [0.05, 0.1) is 19.0 Å². The number of hydrogen-bond donors (Lipinski definition) is 0. The maximum Gasteiger partial charge on any atom is 0.362 e. The minimum atomic E-state index is -0.620. The van der Waals surface area contributed by atoms with Crippen molar-refractivity contribution in [3.05, 3.63) is 72.1 Å². The molecule has 0 fully saturated rings. The highest BCUT2D eigenvalue weighted by Gasteiger charge is 2.25. The SMILES string of the molecule is COC(=O)c1nn(-c2ccccc2)cc1OCC(=O)N1CCCc2ccccc21. The number of nitrogens with zero attached hydrogens (tertiary/aromatic N) is 3. The Hall–Kier alpha value is -3.61. The van der Waals surface area contributed by atoms with Gasteiger partial charge in [-0.2, -0.15) is 5.10 Å². The highest BCUT2D eigenvalue weighted by Crippen LogP contribution is 2.27. The lowest BCUT2D eigenvalue weighted by Gasteiger charge is -2.29. The Kier molecular flexibility index (Phi) is 5.29. The average molecular weight is 391 g/mol. The van der Waals surface area contributed by atoms with E-state index in [-0.39, 0.29) is 24.0 Å². The van der Waals surface area contributed by atoms with E-state index in [1.54, 1.807) is 11.1 Å². The molecule has 7 heteroatoms. The minimum Gasteiger partial charge on any atom is -0.479 e. The molecule has 0 aliphatic carbocycles. The number of aryl methyl sites for hydroxylation is 1. The van der Waals surface area contributed by atoms with E-state index in [9.17, 15) is 9.59 Å². The van der Waals surface area contributed by atoms with E-state index in [2.05, 4.69) is 5.10 Å². The molecule has 1 aliphatic rings. The number of carbonyl (C=O) groups is 2. The number of esters is 1. The molecule has 1 amide bonds. The van der Waals surface area contributed by atoms with Crippen LogP contribution in [0.3, 0.4) is 0 Å². The Morgan fingerprint density at radius 2 is 1.83 bits per heavy atom. The zero-order valence-corrected chi connectivity index (χ0v) is 16.1. The molecule has 0 N–H and O–H groups in total. The molecule has 4 rings (SSSR count). The number of fused-ring (bicyclic) bond motifs is 1. The first-order valence-corrected chi connectivity index (χ1v) is 9.42. The van der Waals surface area contributed by atoms with Gasteiger partial charge in [-0.25, -0.2) is 9.48 Å². The van der Waals surface area contributed by atoms with Crippen LogP contribution in [0.15, 0.2) is 60.8 Å². The summed E-state index contributed by atoms with van der Waals surface area (Å²) in [6, 6.07) is 17.2. The summed E-state index contributed by atoms with van der Waals surface area (Å²) in [6.45, 7) is 0.450. The van der Waals surface area contributed by atoms with Gasteiger partial charge in [0, 0.05) is 12.2 Å². The molecule has 0 unspecified atom stereocenters. The Bertz CT molecular complexity index is 1030. The number of carbonyl (C=O) groups excluding carboxylic acids is 2. The van der Waals surface area contributed by atoms with Crippen LogP contribution in [0.1, 0.15) is 22.5 Å². The van der Waals surface area contributed by atoms with Gasteiger partial charge in [0.25, 0.3) is 5.91 Å². The van der Waals surface area contributed by atoms with Crippen molar-refractivity contribution >= 4 is 17.6 Å². The van der Waals surface area contributed by atoms with Crippen LogP contribution in [-0.2, 0) is 16.0 Å². The van der Waals surface area contributed by atoms with Crippen molar-refractivity contribution < 1.29 is 19.1 Å². The fourth-order valence-electron chi connectivity index (χ4n) is 3.42. The van der Waals surface area contributed by atoms with E-state index in [4.69, 9.17) is 9.47 Å². The Labute approximate surface area is 168 Å². The van der Waals surface area contributed by atoms with Gasteiger partial charge in [-0.1, -0.05) is 36.4 Å². The van der Waals surface area contributed by atoms with Gasteiger partial charge >= 0.3 is 5.97 Å². The topological polar surface area (TPSA) is 73.7 Å². The van der Waals surface area contributed by atoms with Gasteiger partial charge in [0.1, 0.15) is 0 Å². The Morgan fingerprint density at radius 1 is 1.07 bits per heavy atom. The van der Waals surface area contributed by atoms with Crippen molar-refractivity contribution in [3.63, 3.8) is 0 Å². The molecule has 1 aromatic heterocycles. The maximum atomic E-state index is 12.8. The number of rotatable bonds is 5. The Morgan fingerprint density at radius 3 is 2.62 bits per heavy atom. The predicted octanol–water partition coefficient (Wildman–Crippen LogP) is 3.02. The van der Waals surface area contributed by atoms with Crippen LogP contribution < -0.4 is 9.64 Å². The van der Waals surface area contributed by atoms with Gasteiger partial charge in [0.15, 0.2) is 12.4 Å². The van der Waals surface area contributed by atoms with Gasteiger partial charge in [-0.05, 0) is 36.6 Å². The van der Waals surface area contributed by atoms with Crippen LogP contribution in [-0.4, -0.2) is 41.9 Å². The number of para-hydroxylation sites is 2. The predicted molar refractivity (Wildman–Crippen MR) is 108 cm³/mol. The number of aromatic nitrogens is 2. The number of hydrogen-bond acceptors (Lipinski definition) is 5. The Balaban J connectivity index is 1.54. The third-order valence-corrected chi connectivity index (χ3v) is 4.84. The van der Waals surface area contributed by atoms with Crippen LogP contribution in [0.4, 0.5) is 5.69 Å². The minimum absolute atomic E-state index is 0.0307. The second-order valence-corrected chi connectivity index (χ2v) is 6.68. The van der Waals surface area contributed by atoms with Crippen LogP contribution >= 0.6 is 0 Å². The molecule has 0 atom stereocenters. The van der Waals surface area contributed by atoms with E-state index in [1.165, 1.54) is 11.8 Å². The zero-order chi connectivity index (χ0) is 20.2. The van der Waals surface area contributed by atoms with Crippen molar-refractivity contribution in [2.24, 2.45) is 0 Å². The molecule has 2 heterocycles. The fraction of sp³-hybridized carbons (Fsp3) is 0.227. The molecule has 0 spiro atoms. The van der Waals surface area contributed by atoms with E-state index in [0.29, 0.717) is 6.54 Å². The summed E-state index contributed by atoms with van der Waals surface area (Å²) in [7, 11) is 1.28. The summed E-state index contributed by atoms with van der Waals surface area (Å²) >= 11 is 0. The average Bonchev–Trinajstić information content (AvgIpc) is 3.21. The monoisotopic (exact) mass is 391 g/mol. The summed E-state index contributed by atoms with van der Waals surface area (Å²) in [4.78, 5) is 26.7. The molecule has 0 radical (unpaired) electrons. The maximum absolute atomic E-state index is 12.8. The highest BCUT2D eigenvalue weighted by molar-refractivity contribution is 5.96. The lowest BCUT2D eigenvalue weighted by molar-refractivity contribution is -0.120. The van der Waals surface area contributed by atoms with Gasteiger partial charge in [-0.15, -0.1) is 0 Å². The summed E-state index contributed by atoms with van der Waals surface area (Å²) < 4.78 is 12.1. The molecule has 2 aromatic carbocycles. The molecule has 1 aliphatic heterocycles. The van der Waals surface area contributed by atoms with E-state index in [0.717, 1.165) is 29.8 Å². The van der Waals surface area contributed by atoms with Crippen LogP contribution in [0, 0.1) is 0 Å².